The Morgan fingerprint density at radius 2 is 2.56 bits per heavy atom. The summed E-state index contributed by atoms with van der Waals surface area (Å²) >= 11 is 0. The van der Waals surface area contributed by atoms with E-state index in [0.717, 1.165) is 5.56 Å². The zero-order valence-electron chi connectivity index (χ0n) is 4.95. The van der Waals surface area contributed by atoms with Gasteiger partial charge in [-0.25, -0.2) is 0 Å². The van der Waals surface area contributed by atoms with Gasteiger partial charge in [-0.3, -0.25) is 0 Å². The average Bonchev–Trinajstić information content (AvgIpc) is 2.37. The SMILES string of the molecule is NC(CO)c1ccoc1. The first-order chi connectivity index (χ1) is 4.34. The Labute approximate surface area is 53.1 Å². The van der Waals surface area contributed by atoms with Crippen molar-refractivity contribution in [1.29, 1.82) is 0 Å². The van der Waals surface area contributed by atoms with Gasteiger partial charge in [0, 0.05) is 5.56 Å². The predicted molar refractivity (Wildman–Crippen MR) is 32.7 cm³/mol. The lowest BCUT2D eigenvalue weighted by Gasteiger charge is -2.01. The third kappa shape index (κ3) is 1.31. The van der Waals surface area contributed by atoms with E-state index < -0.39 is 0 Å². The highest BCUT2D eigenvalue weighted by molar-refractivity contribution is 5.10. The number of furan rings is 1. The molecule has 0 saturated heterocycles. The predicted octanol–water partition coefficient (Wildman–Crippen LogP) is 0.272. The van der Waals surface area contributed by atoms with Crippen LogP contribution in [0.25, 0.3) is 0 Å². The third-order valence-electron chi connectivity index (χ3n) is 1.17. The van der Waals surface area contributed by atoms with E-state index in [1.54, 1.807) is 6.07 Å². The quantitative estimate of drug-likeness (QED) is 0.599. The Morgan fingerprint density at radius 1 is 1.78 bits per heavy atom. The van der Waals surface area contributed by atoms with Crippen LogP contribution in [0.5, 0.6) is 0 Å². The fourth-order valence-corrected chi connectivity index (χ4v) is 0.591. The molecule has 9 heavy (non-hydrogen) atoms. The third-order valence-corrected chi connectivity index (χ3v) is 1.17. The van der Waals surface area contributed by atoms with Crippen molar-refractivity contribution < 1.29 is 9.52 Å². The van der Waals surface area contributed by atoms with E-state index in [4.69, 9.17) is 15.3 Å². The molecule has 1 heterocycles. The van der Waals surface area contributed by atoms with Gasteiger partial charge in [0.05, 0.1) is 25.2 Å². The van der Waals surface area contributed by atoms with Crippen LogP contribution in [-0.4, -0.2) is 11.7 Å². The number of aliphatic hydroxyl groups excluding tert-OH is 1. The molecule has 0 saturated carbocycles. The largest absolute Gasteiger partial charge is 0.472 e. The fraction of sp³-hybridized carbons (Fsp3) is 0.333. The Kier molecular flexibility index (Phi) is 1.87. The lowest BCUT2D eigenvalue weighted by Crippen LogP contribution is -2.13. The summed E-state index contributed by atoms with van der Waals surface area (Å²) in [4.78, 5) is 0. The number of rotatable bonds is 2. The molecule has 0 bridgehead atoms. The summed E-state index contributed by atoms with van der Waals surface area (Å²) < 4.78 is 4.75. The van der Waals surface area contributed by atoms with E-state index in [0.29, 0.717) is 0 Å². The Balaban J connectivity index is 2.65. The number of nitrogens with two attached hydrogens (primary N) is 1. The van der Waals surface area contributed by atoms with Crippen LogP contribution >= 0.6 is 0 Å². The minimum absolute atomic E-state index is 0.0421. The molecule has 0 radical (unpaired) electrons. The molecule has 0 amide bonds. The molecule has 0 fully saturated rings. The van der Waals surface area contributed by atoms with E-state index in [9.17, 15) is 0 Å². The van der Waals surface area contributed by atoms with Crippen molar-refractivity contribution in [2.24, 2.45) is 5.73 Å². The Morgan fingerprint density at radius 3 is 3.00 bits per heavy atom. The van der Waals surface area contributed by atoms with Crippen molar-refractivity contribution in [1.82, 2.24) is 0 Å². The van der Waals surface area contributed by atoms with E-state index >= 15 is 0 Å². The van der Waals surface area contributed by atoms with Gasteiger partial charge in [0.2, 0.25) is 0 Å². The highest BCUT2D eigenvalue weighted by Gasteiger charge is 2.03. The molecule has 1 aromatic heterocycles. The van der Waals surface area contributed by atoms with Gasteiger partial charge in [-0.05, 0) is 6.07 Å². The molecule has 0 aliphatic carbocycles. The van der Waals surface area contributed by atoms with Crippen LogP contribution in [0.1, 0.15) is 11.6 Å². The van der Waals surface area contributed by atoms with Crippen molar-refractivity contribution in [2.45, 2.75) is 6.04 Å². The summed E-state index contributed by atoms with van der Waals surface area (Å²) in [5.41, 5.74) is 6.26. The molecule has 0 aliphatic rings. The lowest BCUT2D eigenvalue weighted by molar-refractivity contribution is 0.267. The van der Waals surface area contributed by atoms with Gasteiger partial charge in [-0.1, -0.05) is 0 Å². The van der Waals surface area contributed by atoms with Crippen molar-refractivity contribution in [3.8, 4) is 0 Å². The zero-order chi connectivity index (χ0) is 6.69. The Bertz CT molecular complexity index is 160. The van der Waals surface area contributed by atoms with Gasteiger partial charge in [0.25, 0.3) is 0 Å². The summed E-state index contributed by atoms with van der Waals surface area (Å²) in [7, 11) is 0. The van der Waals surface area contributed by atoms with Crippen LogP contribution in [0.4, 0.5) is 0 Å². The molecule has 50 valence electrons. The molecular weight excluding hydrogens is 118 g/mol. The second-order valence-corrected chi connectivity index (χ2v) is 1.85. The number of hydrogen-bond donors (Lipinski definition) is 2. The molecular formula is C6H9NO2. The summed E-state index contributed by atoms with van der Waals surface area (Å²) in [5.74, 6) is 0. The Hall–Kier alpha value is -0.800. The van der Waals surface area contributed by atoms with E-state index in [1.807, 2.05) is 0 Å². The topological polar surface area (TPSA) is 59.4 Å². The number of hydrogen-bond acceptors (Lipinski definition) is 3. The summed E-state index contributed by atoms with van der Waals surface area (Å²) in [5, 5.41) is 8.54. The maximum absolute atomic E-state index is 8.54. The molecule has 0 aromatic carbocycles. The van der Waals surface area contributed by atoms with Gasteiger partial charge in [0.1, 0.15) is 0 Å². The first-order valence-corrected chi connectivity index (χ1v) is 2.73. The van der Waals surface area contributed by atoms with Gasteiger partial charge in [0.15, 0.2) is 0 Å². The summed E-state index contributed by atoms with van der Waals surface area (Å²) in [6, 6.07) is 1.43. The van der Waals surface area contributed by atoms with Gasteiger partial charge < -0.3 is 15.3 Å². The highest BCUT2D eigenvalue weighted by Crippen LogP contribution is 2.08. The molecule has 3 heteroatoms. The summed E-state index contributed by atoms with van der Waals surface area (Å²) in [6.45, 7) is -0.0421. The molecule has 0 aliphatic heterocycles. The molecule has 3 N–H and O–H groups in total. The van der Waals surface area contributed by atoms with Crippen molar-refractivity contribution in [3.05, 3.63) is 24.2 Å². The van der Waals surface area contributed by atoms with E-state index in [-0.39, 0.29) is 12.6 Å². The van der Waals surface area contributed by atoms with Gasteiger partial charge >= 0.3 is 0 Å². The minimum Gasteiger partial charge on any atom is -0.472 e. The van der Waals surface area contributed by atoms with Crippen molar-refractivity contribution in [3.63, 3.8) is 0 Å². The molecule has 0 spiro atoms. The van der Waals surface area contributed by atoms with E-state index in [2.05, 4.69) is 0 Å². The van der Waals surface area contributed by atoms with Crippen LogP contribution < -0.4 is 5.73 Å². The first-order valence-electron chi connectivity index (χ1n) is 2.73. The molecule has 1 atom stereocenters. The summed E-state index contributed by atoms with van der Waals surface area (Å²) in [6.07, 6.45) is 3.06. The minimum atomic E-state index is -0.302. The molecule has 1 unspecified atom stereocenters. The second kappa shape index (κ2) is 2.66. The van der Waals surface area contributed by atoms with Crippen LogP contribution in [0.2, 0.25) is 0 Å². The number of aliphatic hydroxyl groups is 1. The smallest absolute Gasteiger partial charge is 0.0951 e. The lowest BCUT2D eigenvalue weighted by atomic mass is 10.2. The van der Waals surface area contributed by atoms with E-state index in [1.165, 1.54) is 12.5 Å². The second-order valence-electron chi connectivity index (χ2n) is 1.85. The highest BCUT2D eigenvalue weighted by atomic mass is 16.3. The standard InChI is InChI=1S/C6H9NO2/c7-6(3-8)5-1-2-9-4-5/h1-2,4,6,8H,3,7H2. The molecule has 3 nitrogen and oxygen atoms in total. The normalized spacial score (nSPS) is 13.6. The molecule has 1 rings (SSSR count). The fourth-order valence-electron chi connectivity index (χ4n) is 0.591. The monoisotopic (exact) mass is 127 g/mol. The maximum Gasteiger partial charge on any atom is 0.0951 e. The first kappa shape index (κ1) is 6.32. The van der Waals surface area contributed by atoms with Crippen LogP contribution in [-0.2, 0) is 0 Å². The molecule has 1 aromatic rings. The van der Waals surface area contributed by atoms with Crippen LogP contribution in [0, 0.1) is 0 Å². The van der Waals surface area contributed by atoms with Gasteiger partial charge in [-0.15, -0.1) is 0 Å². The van der Waals surface area contributed by atoms with Crippen molar-refractivity contribution >= 4 is 0 Å². The van der Waals surface area contributed by atoms with Crippen LogP contribution in [0.15, 0.2) is 23.0 Å². The zero-order valence-corrected chi connectivity index (χ0v) is 4.95. The van der Waals surface area contributed by atoms with Gasteiger partial charge in [-0.2, -0.15) is 0 Å². The van der Waals surface area contributed by atoms with Crippen LogP contribution in [0.3, 0.4) is 0 Å². The maximum atomic E-state index is 8.54. The average molecular weight is 127 g/mol. The van der Waals surface area contributed by atoms with Crippen molar-refractivity contribution in [2.75, 3.05) is 6.61 Å².